The average molecular weight is 477 g/mol. The minimum atomic E-state index is -3.13. The lowest BCUT2D eigenvalue weighted by Gasteiger charge is -2.38. The standard InChI is InChI=1S/C24H32N2O6S/c1-17-13-22(18(2)25(17)14-21-9-6-11-31-21)24(28)32-15-23(27)26(19-7-4-3-5-8-19)20-10-12-33(29,30)16-20/h6,9,11,13,19-20H,3-5,7-8,10,12,14-16H2,1-2H3/t20-/m1/s1. The Balaban J connectivity index is 1.44. The monoisotopic (exact) mass is 476 g/mol. The number of esters is 1. The normalized spacial score (nSPS) is 20.6. The molecule has 33 heavy (non-hydrogen) atoms. The van der Waals surface area contributed by atoms with Gasteiger partial charge in [0.05, 0.1) is 29.9 Å². The van der Waals surface area contributed by atoms with Crippen LogP contribution in [0.25, 0.3) is 0 Å². The molecule has 2 fully saturated rings. The van der Waals surface area contributed by atoms with Crippen LogP contribution in [-0.2, 0) is 25.9 Å². The number of hydrogen-bond donors (Lipinski definition) is 0. The number of hydrogen-bond acceptors (Lipinski definition) is 6. The predicted molar refractivity (Wildman–Crippen MR) is 123 cm³/mol. The van der Waals surface area contributed by atoms with Gasteiger partial charge < -0.3 is 18.6 Å². The number of aryl methyl sites for hydroxylation is 1. The van der Waals surface area contributed by atoms with E-state index in [4.69, 9.17) is 9.15 Å². The molecular formula is C24H32N2O6S. The fraction of sp³-hybridized carbons (Fsp3) is 0.583. The summed E-state index contributed by atoms with van der Waals surface area (Å²) in [5, 5.41) is 0. The van der Waals surface area contributed by atoms with E-state index in [2.05, 4.69) is 0 Å². The van der Waals surface area contributed by atoms with E-state index in [9.17, 15) is 18.0 Å². The van der Waals surface area contributed by atoms with Gasteiger partial charge in [-0.15, -0.1) is 0 Å². The van der Waals surface area contributed by atoms with Gasteiger partial charge in [0.15, 0.2) is 16.4 Å². The number of carbonyl (C=O) groups is 2. The lowest BCUT2D eigenvalue weighted by atomic mass is 9.93. The van der Waals surface area contributed by atoms with Gasteiger partial charge in [0.2, 0.25) is 0 Å². The van der Waals surface area contributed by atoms with E-state index in [1.807, 2.05) is 30.5 Å². The van der Waals surface area contributed by atoms with Gasteiger partial charge in [-0.1, -0.05) is 19.3 Å². The van der Waals surface area contributed by atoms with E-state index < -0.39 is 15.8 Å². The molecule has 1 saturated carbocycles. The van der Waals surface area contributed by atoms with Crippen molar-refractivity contribution >= 4 is 21.7 Å². The summed E-state index contributed by atoms with van der Waals surface area (Å²) in [6.45, 7) is 3.87. The lowest BCUT2D eigenvalue weighted by molar-refractivity contribution is -0.140. The van der Waals surface area contributed by atoms with Crippen molar-refractivity contribution in [2.24, 2.45) is 0 Å². The Hall–Kier alpha value is -2.55. The highest BCUT2D eigenvalue weighted by molar-refractivity contribution is 7.91. The molecule has 2 aromatic rings. The molecule has 0 spiro atoms. The molecule has 2 aliphatic rings. The molecule has 8 nitrogen and oxygen atoms in total. The quantitative estimate of drug-likeness (QED) is 0.569. The van der Waals surface area contributed by atoms with Crippen molar-refractivity contribution in [3.63, 3.8) is 0 Å². The number of ether oxygens (including phenoxy) is 1. The molecule has 0 radical (unpaired) electrons. The highest BCUT2D eigenvalue weighted by Gasteiger charge is 2.38. The maximum absolute atomic E-state index is 13.2. The second-order valence-electron chi connectivity index (χ2n) is 9.18. The van der Waals surface area contributed by atoms with E-state index in [1.165, 1.54) is 0 Å². The Labute approximate surface area is 194 Å². The minimum Gasteiger partial charge on any atom is -0.467 e. The van der Waals surface area contributed by atoms with E-state index in [0.717, 1.165) is 49.3 Å². The van der Waals surface area contributed by atoms with Crippen LogP contribution in [0.5, 0.6) is 0 Å². The van der Waals surface area contributed by atoms with Crippen LogP contribution in [0.4, 0.5) is 0 Å². The Bertz CT molecular complexity index is 1100. The summed E-state index contributed by atoms with van der Waals surface area (Å²) in [5.74, 6) is 0.0280. The molecule has 180 valence electrons. The molecule has 2 aromatic heterocycles. The molecule has 0 unspecified atom stereocenters. The second-order valence-corrected chi connectivity index (χ2v) is 11.4. The summed E-state index contributed by atoms with van der Waals surface area (Å²) in [6.07, 6.45) is 6.97. The average Bonchev–Trinajstić information content (AvgIpc) is 3.49. The molecule has 9 heteroatoms. The van der Waals surface area contributed by atoms with Gasteiger partial charge in [0.1, 0.15) is 5.76 Å². The van der Waals surface area contributed by atoms with Gasteiger partial charge in [-0.3, -0.25) is 4.79 Å². The van der Waals surface area contributed by atoms with Crippen molar-refractivity contribution in [3.05, 3.63) is 47.2 Å². The molecule has 1 aliphatic carbocycles. The second kappa shape index (κ2) is 9.75. The van der Waals surface area contributed by atoms with Crippen LogP contribution in [0.15, 0.2) is 28.9 Å². The highest BCUT2D eigenvalue weighted by atomic mass is 32.2. The summed E-state index contributed by atoms with van der Waals surface area (Å²) in [5.41, 5.74) is 2.05. The van der Waals surface area contributed by atoms with E-state index in [0.29, 0.717) is 18.5 Å². The van der Waals surface area contributed by atoms with Crippen LogP contribution in [0.3, 0.4) is 0 Å². The summed E-state index contributed by atoms with van der Waals surface area (Å²) in [4.78, 5) is 27.7. The van der Waals surface area contributed by atoms with Gasteiger partial charge in [0.25, 0.3) is 5.91 Å². The largest absolute Gasteiger partial charge is 0.467 e. The zero-order chi connectivity index (χ0) is 23.6. The SMILES string of the molecule is Cc1cc(C(=O)OCC(=O)N(C2CCCCC2)[C@@H]2CCS(=O)(=O)C2)c(C)n1Cc1ccco1. The van der Waals surface area contributed by atoms with Gasteiger partial charge in [-0.2, -0.15) is 0 Å². The van der Waals surface area contributed by atoms with Crippen molar-refractivity contribution in [3.8, 4) is 0 Å². The lowest BCUT2D eigenvalue weighted by Crippen LogP contribution is -2.50. The number of furan rings is 1. The zero-order valence-corrected chi connectivity index (χ0v) is 20.1. The molecule has 1 amide bonds. The maximum atomic E-state index is 13.2. The molecule has 1 aliphatic heterocycles. The number of amides is 1. The van der Waals surface area contributed by atoms with Crippen LogP contribution in [-0.4, -0.2) is 60.0 Å². The number of rotatable bonds is 7. The van der Waals surface area contributed by atoms with Crippen LogP contribution >= 0.6 is 0 Å². The molecule has 1 saturated heterocycles. The molecule has 4 rings (SSSR count). The van der Waals surface area contributed by atoms with Gasteiger partial charge in [-0.25, -0.2) is 13.2 Å². The molecule has 3 heterocycles. The maximum Gasteiger partial charge on any atom is 0.340 e. The summed E-state index contributed by atoms with van der Waals surface area (Å²) < 4.78 is 36.9. The number of sulfone groups is 1. The van der Waals surface area contributed by atoms with Crippen LogP contribution in [0, 0.1) is 13.8 Å². The molecule has 0 N–H and O–H groups in total. The molecule has 0 aromatic carbocycles. The smallest absolute Gasteiger partial charge is 0.340 e. The van der Waals surface area contributed by atoms with E-state index >= 15 is 0 Å². The van der Waals surface area contributed by atoms with Crippen molar-refractivity contribution in [1.29, 1.82) is 0 Å². The first-order chi connectivity index (χ1) is 15.7. The zero-order valence-electron chi connectivity index (χ0n) is 19.3. The Morgan fingerprint density at radius 3 is 2.55 bits per heavy atom. The first kappa shape index (κ1) is 23.6. The minimum absolute atomic E-state index is 0.00286. The summed E-state index contributed by atoms with van der Waals surface area (Å²) in [6, 6.07) is 5.13. The fourth-order valence-electron chi connectivity index (χ4n) is 5.15. The van der Waals surface area contributed by atoms with Crippen molar-refractivity contribution < 1.29 is 27.2 Å². The van der Waals surface area contributed by atoms with Gasteiger partial charge in [-0.05, 0) is 51.3 Å². The fourth-order valence-corrected chi connectivity index (χ4v) is 6.86. The highest BCUT2D eigenvalue weighted by Crippen LogP contribution is 2.28. The third-order valence-corrected chi connectivity index (χ3v) is 8.62. The Morgan fingerprint density at radius 2 is 1.91 bits per heavy atom. The Morgan fingerprint density at radius 1 is 1.15 bits per heavy atom. The first-order valence-corrected chi connectivity index (χ1v) is 13.4. The van der Waals surface area contributed by atoms with Crippen LogP contribution in [0.1, 0.15) is 66.0 Å². The first-order valence-electron chi connectivity index (χ1n) is 11.6. The molecular weight excluding hydrogens is 444 g/mol. The van der Waals surface area contributed by atoms with Crippen molar-refractivity contribution in [2.45, 2.75) is 71.0 Å². The third-order valence-electron chi connectivity index (χ3n) is 6.87. The Kier molecular flexibility index (Phi) is 6.97. The van der Waals surface area contributed by atoms with Crippen molar-refractivity contribution in [2.75, 3.05) is 18.1 Å². The van der Waals surface area contributed by atoms with E-state index in [1.54, 1.807) is 17.2 Å². The number of aromatic nitrogens is 1. The molecule has 1 atom stereocenters. The van der Waals surface area contributed by atoms with Gasteiger partial charge in [0, 0.05) is 23.5 Å². The summed E-state index contributed by atoms with van der Waals surface area (Å²) >= 11 is 0. The van der Waals surface area contributed by atoms with E-state index in [-0.39, 0.29) is 36.1 Å². The molecule has 0 bridgehead atoms. The number of carbonyl (C=O) groups excluding carboxylic acids is 2. The van der Waals surface area contributed by atoms with Crippen LogP contribution < -0.4 is 0 Å². The third kappa shape index (κ3) is 5.34. The van der Waals surface area contributed by atoms with Gasteiger partial charge >= 0.3 is 5.97 Å². The van der Waals surface area contributed by atoms with Crippen molar-refractivity contribution in [1.82, 2.24) is 9.47 Å². The topological polar surface area (TPSA) is 98.8 Å². The van der Waals surface area contributed by atoms with Crippen LogP contribution in [0.2, 0.25) is 0 Å². The summed E-state index contributed by atoms with van der Waals surface area (Å²) in [7, 11) is -3.13. The number of nitrogens with zero attached hydrogens (tertiary/aromatic N) is 2. The predicted octanol–water partition coefficient (Wildman–Crippen LogP) is 3.25.